The van der Waals surface area contributed by atoms with Crippen molar-refractivity contribution in [3.8, 4) is 0 Å². The summed E-state index contributed by atoms with van der Waals surface area (Å²) < 4.78 is 1.98. The maximum atomic E-state index is 4.59. The van der Waals surface area contributed by atoms with Crippen LogP contribution < -0.4 is 5.32 Å². The summed E-state index contributed by atoms with van der Waals surface area (Å²) in [5.41, 5.74) is 2.32. The van der Waals surface area contributed by atoms with E-state index in [1.807, 2.05) is 29.9 Å². The van der Waals surface area contributed by atoms with Crippen LogP contribution in [0.2, 0.25) is 0 Å². The highest BCUT2D eigenvalue weighted by atomic mass is 32.1. The Bertz CT molecular complexity index is 702. The number of aromatic nitrogens is 3. The van der Waals surface area contributed by atoms with E-state index >= 15 is 0 Å². The Morgan fingerprint density at radius 2 is 2.05 bits per heavy atom. The third-order valence-corrected chi connectivity index (χ3v) is 4.34. The number of aryl methyl sites for hydroxylation is 1. The van der Waals surface area contributed by atoms with Crippen molar-refractivity contribution in [2.24, 2.45) is 0 Å². The Balaban J connectivity index is 1.66. The van der Waals surface area contributed by atoms with Gasteiger partial charge in [-0.3, -0.25) is 4.68 Å². The molecule has 108 valence electrons. The van der Waals surface area contributed by atoms with Gasteiger partial charge in [0.25, 0.3) is 0 Å². The van der Waals surface area contributed by atoms with Crippen molar-refractivity contribution >= 4 is 17.2 Å². The summed E-state index contributed by atoms with van der Waals surface area (Å²) in [6.45, 7) is 4.88. The normalized spacial score (nSPS) is 12.3. The van der Waals surface area contributed by atoms with Gasteiger partial charge in [-0.25, -0.2) is 4.98 Å². The number of nitrogens with zero attached hydrogens (tertiary/aromatic N) is 3. The van der Waals surface area contributed by atoms with Crippen LogP contribution in [0.15, 0.2) is 48.0 Å². The van der Waals surface area contributed by atoms with E-state index < -0.39 is 0 Å². The lowest BCUT2D eigenvalue weighted by molar-refractivity contribution is 0.566. The lowest BCUT2D eigenvalue weighted by atomic mass is 10.1. The maximum absolute atomic E-state index is 4.59. The van der Waals surface area contributed by atoms with Gasteiger partial charge < -0.3 is 5.32 Å². The van der Waals surface area contributed by atoms with Gasteiger partial charge in [0.05, 0.1) is 12.6 Å². The molecule has 1 unspecified atom stereocenters. The van der Waals surface area contributed by atoms with E-state index in [4.69, 9.17) is 0 Å². The summed E-state index contributed by atoms with van der Waals surface area (Å²) in [5, 5.41) is 11.1. The summed E-state index contributed by atoms with van der Waals surface area (Å²) in [4.78, 5) is 4.44. The molecule has 0 aliphatic heterocycles. The summed E-state index contributed by atoms with van der Waals surface area (Å²) in [7, 11) is 0. The van der Waals surface area contributed by atoms with Gasteiger partial charge in [0.1, 0.15) is 10.8 Å². The van der Waals surface area contributed by atoms with Gasteiger partial charge in [-0.15, -0.1) is 11.3 Å². The van der Waals surface area contributed by atoms with Crippen LogP contribution in [0.3, 0.4) is 0 Å². The van der Waals surface area contributed by atoms with Crippen molar-refractivity contribution in [1.29, 1.82) is 0 Å². The molecule has 5 heteroatoms. The fourth-order valence-corrected chi connectivity index (χ4v) is 2.89. The Morgan fingerprint density at radius 3 is 2.76 bits per heavy atom. The van der Waals surface area contributed by atoms with Gasteiger partial charge in [0, 0.05) is 23.3 Å². The lowest BCUT2D eigenvalue weighted by Crippen LogP contribution is -2.08. The van der Waals surface area contributed by atoms with Crippen molar-refractivity contribution in [2.75, 3.05) is 5.32 Å². The summed E-state index contributed by atoms with van der Waals surface area (Å²) >= 11 is 1.67. The highest BCUT2D eigenvalue weighted by Gasteiger charge is 2.09. The minimum absolute atomic E-state index is 0.226. The first-order valence-corrected chi connectivity index (χ1v) is 7.85. The van der Waals surface area contributed by atoms with Crippen molar-refractivity contribution in [3.63, 3.8) is 0 Å². The minimum Gasteiger partial charge on any atom is -0.362 e. The van der Waals surface area contributed by atoms with Crippen LogP contribution in [-0.4, -0.2) is 14.8 Å². The van der Waals surface area contributed by atoms with E-state index in [9.17, 15) is 0 Å². The second-order valence-electron chi connectivity index (χ2n) is 5.00. The first-order chi connectivity index (χ1) is 10.2. The molecule has 0 aliphatic rings. The molecule has 1 aromatic carbocycles. The number of benzene rings is 1. The van der Waals surface area contributed by atoms with Gasteiger partial charge in [0.2, 0.25) is 0 Å². The average Bonchev–Trinajstić information content (AvgIpc) is 3.14. The molecule has 1 atom stereocenters. The van der Waals surface area contributed by atoms with Gasteiger partial charge in [0.15, 0.2) is 0 Å². The molecule has 0 saturated carbocycles. The van der Waals surface area contributed by atoms with Gasteiger partial charge in [-0.1, -0.05) is 30.3 Å². The summed E-state index contributed by atoms with van der Waals surface area (Å²) in [5.74, 6) is 0.880. The first kappa shape index (κ1) is 13.8. The van der Waals surface area contributed by atoms with Crippen molar-refractivity contribution in [1.82, 2.24) is 14.8 Å². The molecule has 4 nitrogen and oxygen atoms in total. The zero-order chi connectivity index (χ0) is 14.7. The largest absolute Gasteiger partial charge is 0.362 e. The van der Waals surface area contributed by atoms with E-state index in [1.54, 1.807) is 11.3 Å². The summed E-state index contributed by atoms with van der Waals surface area (Å²) in [6.07, 6.45) is 2.01. The lowest BCUT2D eigenvalue weighted by Gasteiger charge is -2.12. The van der Waals surface area contributed by atoms with E-state index in [-0.39, 0.29) is 6.04 Å². The SMILES string of the molecule is Cc1csc(CNc2ccn(C(C)c3ccccc3)n2)n1. The van der Waals surface area contributed by atoms with Gasteiger partial charge in [-0.05, 0) is 19.4 Å². The average molecular weight is 298 g/mol. The van der Waals surface area contributed by atoms with Crippen LogP contribution in [0.25, 0.3) is 0 Å². The van der Waals surface area contributed by atoms with E-state index in [2.05, 4.69) is 52.0 Å². The van der Waals surface area contributed by atoms with Crippen molar-refractivity contribution in [2.45, 2.75) is 26.4 Å². The van der Waals surface area contributed by atoms with Crippen LogP contribution >= 0.6 is 11.3 Å². The van der Waals surface area contributed by atoms with Crippen LogP contribution in [0, 0.1) is 6.92 Å². The molecule has 3 aromatic rings. The molecule has 2 heterocycles. The molecule has 0 saturated heterocycles. The Hall–Kier alpha value is -2.14. The maximum Gasteiger partial charge on any atom is 0.148 e. The molecule has 0 aliphatic carbocycles. The molecule has 0 radical (unpaired) electrons. The van der Waals surface area contributed by atoms with E-state index in [1.165, 1.54) is 5.56 Å². The monoisotopic (exact) mass is 298 g/mol. The predicted octanol–water partition coefficient (Wildman–Crippen LogP) is 3.87. The van der Waals surface area contributed by atoms with Crippen LogP contribution in [0.5, 0.6) is 0 Å². The van der Waals surface area contributed by atoms with Crippen molar-refractivity contribution < 1.29 is 0 Å². The number of nitrogens with one attached hydrogen (secondary N) is 1. The molecule has 0 fully saturated rings. The highest BCUT2D eigenvalue weighted by Crippen LogP contribution is 2.18. The fourth-order valence-electron chi connectivity index (χ4n) is 2.18. The Kier molecular flexibility index (Phi) is 4.01. The van der Waals surface area contributed by atoms with Gasteiger partial charge >= 0.3 is 0 Å². The molecule has 0 spiro atoms. The third-order valence-electron chi connectivity index (χ3n) is 3.37. The number of hydrogen-bond donors (Lipinski definition) is 1. The minimum atomic E-state index is 0.226. The van der Waals surface area contributed by atoms with E-state index in [0.717, 1.165) is 23.1 Å². The van der Waals surface area contributed by atoms with Crippen molar-refractivity contribution in [3.05, 3.63) is 64.2 Å². The zero-order valence-corrected chi connectivity index (χ0v) is 13.0. The number of anilines is 1. The standard InChI is InChI=1S/C16H18N4S/c1-12-11-21-16(18-12)10-17-15-8-9-20(19-15)13(2)14-6-4-3-5-7-14/h3-9,11,13H,10H2,1-2H3,(H,17,19). The Morgan fingerprint density at radius 1 is 1.24 bits per heavy atom. The molecule has 0 bridgehead atoms. The molecular formula is C16H18N4S. The highest BCUT2D eigenvalue weighted by molar-refractivity contribution is 7.09. The topological polar surface area (TPSA) is 42.7 Å². The zero-order valence-electron chi connectivity index (χ0n) is 12.2. The smallest absolute Gasteiger partial charge is 0.148 e. The Labute approximate surface area is 128 Å². The molecule has 21 heavy (non-hydrogen) atoms. The predicted molar refractivity (Wildman–Crippen MR) is 86.7 cm³/mol. The molecule has 1 N–H and O–H groups in total. The molecule has 3 rings (SSSR count). The second-order valence-corrected chi connectivity index (χ2v) is 5.95. The molecule has 0 amide bonds. The third kappa shape index (κ3) is 3.31. The van der Waals surface area contributed by atoms with Crippen LogP contribution in [0.1, 0.15) is 29.2 Å². The quantitative estimate of drug-likeness (QED) is 0.777. The number of rotatable bonds is 5. The molecule has 2 aromatic heterocycles. The first-order valence-electron chi connectivity index (χ1n) is 6.97. The number of thiazole rings is 1. The fraction of sp³-hybridized carbons (Fsp3) is 0.250. The second kappa shape index (κ2) is 6.10. The van der Waals surface area contributed by atoms with E-state index in [0.29, 0.717) is 0 Å². The molecular weight excluding hydrogens is 280 g/mol. The summed E-state index contributed by atoms with van der Waals surface area (Å²) in [6, 6.07) is 12.6. The van der Waals surface area contributed by atoms with Crippen LogP contribution in [0.4, 0.5) is 5.82 Å². The van der Waals surface area contributed by atoms with Crippen LogP contribution in [-0.2, 0) is 6.54 Å². The van der Waals surface area contributed by atoms with Gasteiger partial charge in [-0.2, -0.15) is 5.10 Å². The number of hydrogen-bond acceptors (Lipinski definition) is 4.